The van der Waals surface area contributed by atoms with Crippen LogP contribution in [-0.2, 0) is 16.2 Å². The Balaban J connectivity index is 1.43. The Bertz CT molecular complexity index is 1530. The number of aryl methyl sites for hydroxylation is 1. The van der Waals surface area contributed by atoms with Gasteiger partial charge in [-0.2, -0.15) is 0 Å². The summed E-state index contributed by atoms with van der Waals surface area (Å²) in [5.74, 6) is 0.841. The number of imide groups is 1. The van der Waals surface area contributed by atoms with E-state index in [0.717, 1.165) is 52.4 Å². The van der Waals surface area contributed by atoms with Gasteiger partial charge in [-0.1, -0.05) is 47.6 Å². The van der Waals surface area contributed by atoms with Crippen molar-refractivity contribution in [2.24, 2.45) is 11.8 Å². The summed E-state index contributed by atoms with van der Waals surface area (Å²) in [6.45, 7) is 2.41. The number of halogens is 1. The van der Waals surface area contributed by atoms with Crippen LogP contribution in [0.1, 0.15) is 36.8 Å². The Morgan fingerprint density at radius 2 is 1.62 bits per heavy atom. The highest BCUT2D eigenvalue weighted by Gasteiger charge is 2.45. The van der Waals surface area contributed by atoms with Crippen molar-refractivity contribution in [3.8, 4) is 33.9 Å². The van der Waals surface area contributed by atoms with E-state index < -0.39 is 0 Å². The van der Waals surface area contributed by atoms with Crippen LogP contribution in [0.25, 0.3) is 22.4 Å². The van der Waals surface area contributed by atoms with Gasteiger partial charge in [0.25, 0.3) is 0 Å². The van der Waals surface area contributed by atoms with E-state index in [0.29, 0.717) is 29.4 Å². The van der Waals surface area contributed by atoms with E-state index in [2.05, 4.69) is 21.1 Å². The van der Waals surface area contributed by atoms with Gasteiger partial charge in [-0.25, -0.2) is 4.90 Å². The molecule has 0 spiro atoms. The van der Waals surface area contributed by atoms with Gasteiger partial charge in [0.1, 0.15) is 23.8 Å². The topological polar surface area (TPSA) is 81.9 Å². The summed E-state index contributed by atoms with van der Waals surface area (Å²) in [5.41, 5.74) is 4.69. The van der Waals surface area contributed by atoms with Gasteiger partial charge < -0.3 is 14.0 Å². The fourth-order valence-electron chi connectivity index (χ4n) is 4.73. The van der Waals surface area contributed by atoms with Crippen LogP contribution in [0.4, 0.5) is 5.88 Å². The maximum Gasteiger partial charge on any atom is 0.249 e. The predicted molar refractivity (Wildman–Crippen MR) is 155 cm³/mol. The summed E-state index contributed by atoms with van der Waals surface area (Å²) in [6.07, 6.45) is 3.12. The number of benzene rings is 3. The molecule has 0 unspecified atom stereocenters. The zero-order chi connectivity index (χ0) is 27.8. The van der Waals surface area contributed by atoms with Crippen molar-refractivity contribution in [3.63, 3.8) is 0 Å². The lowest BCUT2D eigenvalue weighted by atomic mass is 9.97. The first-order valence-corrected chi connectivity index (χ1v) is 14.2. The summed E-state index contributed by atoms with van der Waals surface area (Å²) in [5, 5.41) is 4.46. The number of carbonyl (C=O) groups excluding carboxylic acids is 2. The number of ether oxygens (including phenoxy) is 2. The largest absolute Gasteiger partial charge is 0.497 e. The first-order chi connectivity index (χ1) is 19.4. The van der Waals surface area contributed by atoms with Crippen LogP contribution in [0.3, 0.4) is 0 Å². The van der Waals surface area contributed by atoms with Crippen LogP contribution in [0.15, 0.2) is 75.7 Å². The number of aromatic nitrogens is 1. The van der Waals surface area contributed by atoms with Crippen LogP contribution in [0, 0.1) is 18.8 Å². The number of hydrogen-bond acceptors (Lipinski definition) is 6. The first kappa shape index (κ1) is 26.3. The Kier molecular flexibility index (Phi) is 7.19. The van der Waals surface area contributed by atoms with Crippen molar-refractivity contribution < 1.29 is 23.6 Å². The van der Waals surface area contributed by atoms with E-state index >= 15 is 0 Å². The molecule has 2 fully saturated rings. The lowest BCUT2D eigenvalue weighted by Crippen LogP contribution is -2.39. The number of carbonyl (C=O) groups is 2. The Labute approximate surface area is 241 Å². The molecule has 0 aliphatic heterocycles. The molecule has 1 aromatic heterocycles. The van der Waals surface area contributed by atoms with Crippen LogP contribution in [-0.4, -0.2) is 24.1 Å². The lowest BCUT2D eigenvalue weighted by molar-refractivity contribution is -0.128. The summed E-state index contributed by atoms with van der Waals surface area (Å²) in [7, 11) is 1.61. The first-order valence-electron chi connectivity index (χ1n) is 13.4. The quantitative estimate of drug-likeness (QED) is 0.187. The summed E-state index contributed by atoms with van der Waals surface area (Å²) in [6, 6.07) is 21.3. The summed E-state index contributed by atoms with van der Waals surface area (Å²) >= 11 is 3.67. The molecular weight excluding hydrogens is 572 g/mol. The minimum Gasteiger partial charge on any atom is -0.497 e. The van der Waals surface area contributed by atoms with Crippen LogP contribution < -0.4 is 14.4 Å². The number of hydrogen-bond donors (Lipinski definition) is 0. The molecule has 3 aromatic carbocycles. The van der Waals surface area contributed by atoms with Gasteiger partial charge in [0.15, 0.2) is 0 Å². The van der Waals surface area contributed by atoms with Gasteiger partial charge in [-0.3, -0.25) is 9.59 Å². The van der Waals surface area contributed by atoms with Gasteiger partial charge >= 0.3 is 0 Å². The molecule has 0 bridgehead atoms. The molecule has 6 rings (SSSR count). The van der Waals surface area contributed by atoms with Crippen molar-refractivity contribution in [1.82, 2.24) is 5.16 Å². The summed E-state index contributed by atoms with van der Waals surface area (Å²) in [4.78, 5) is 28.1. The third-order valence-corrected chi connectivity index (χ3v) is 7.94. The predicted octanol–water partition coefficient (Wildman–Crippen LogP) is 7.35. The molecule has 2 amide bonds. The van der Waals surface area contributed by atoms with Crippen LogP contribution in [0.2, 0.25) is 0 Å². The average molecular weight is 601 g/mol. The highest BCUT2D eigenvalue weighted by Crippen LogP contribution is 2.46. The van der Waals surface area contributed by atoms with Crippen LogP contribution >= 0.6 is 15.9 Å². The number of methoxy groups -OCH3 is 1. The molecule has 1 heterocycles. The van der Waals surface area contributed by atoms with Crippen molar-refractivity contribution in [1.29, 1.82) is 0 Å². The second kappa shape index (κ2) is 10.9. The van der Waals surface area contributed by atoms with E-state index in [4.69, 9.17) is 14.0 Å². The minimum absolute atomic E-state index is 0.156. The molecule has 0 saturated heterocycles. The van der Waals surface area contributed by atoms with E-state index in [9.17, 15) is 9.59 Å². The molecule has 2 aliphatic carbocycles. The molecule has 40 heavy (non-hydrogen) atoms. The van der Waals surface area contributed by atoms with Gasteiger partial charge in [-0.15, -0.1) is 0 Å². The Morgan fingerprint density at radius 1 is 0.975 bits per heavy atom. The molecule has 2 saturated carbocycles. The monoisotopic (exact) mass is 600 g/mol. The number of amides is 2. The van der Waals surface area contributed by atoms with Gasteiger partial charge in [0, 0.05) is 17.4 Å². The van der Waals surface area contributed by atoms with Crippen molar-refractivity contribution in [2.45, 2.75) is 39.2 Å². The molecule has 8 heteroatoms. The highest BCUT2D eigenvalue weighted by molar-refractivity contribution is 9.10. The second-order valence-corrected chi connectivity index (χ2v) is 11.2. The molecular formula is C32H29BrN2O5. The zero-order valence-corrected chi connectivity index (χ0v) is 23.9. The standard InChI is InChI=1S/C32H29BrN2O5/c1-19-16-27(39-18-20-6-4-3-5-7-20)26(33)17-25(19)29-28(21-12-14-24(38-2)15-13-21)32(40-34-29)35(30(36)22-8-9-22)31(37)23-10-11-23/h3-7,12-17,22-23H,8-11,18H2,1-2H3. The number of rotatable bonds is 9. The van der Waals surface area contributed by atoms with Crippen LogP contribution in [0.5, 0.6) is 11.5 Å². The molecule has 2 aliphatic rings. The molecule has 0 atom stereocenters. The van der Waals surface area contributed by atoms with Crippen molar-refractivity contribution in [2.75, 3.05) is 12.0 Å². The Hall–Kier alpha value is -3.91. The van der Waals surface area contributed by atoms with E-state index in [1.54, 1.807) is 7.11 Å². The maximum absolute atomic E-state index is 13.4. The lowest BCUT2D eigenvalue weighted by Gasteiger charge is -2.19. The van der Waals surface area contributed by atoms with E-state index in [-0.39, 0.29) is 29.5 Å². The Morgan fingerprint density at radius 3 is 2.23 bits per heavy atom. The highest BCUT2D eigenvalue weighted by atomic mass is 79.9. The molecule has 7 nitrogen and oxygen atoms in total. The van der Waals surface area contributed by atoms with E-state index in [1.807, 2.05) is 73.7 Å². The molecule has 4 aromatic rings. The smallest absolute Gasteiger partial charge is 0.249 e. The fraction of sp³-hybridized carbons (Fsp3) is 0.281. The normalized spacial score (nSPS) is 14.6. The van der Waals surface area contributed by atoms with Gasteiger partial charge in [0.05, 0.1) is 17.1 Å². The van der Waals surface area contributed by atoms with Gasteiger partial charge in [-0.05, 0) is 89.5 Å². The maximum atomic E-state index is 13.4. The number of nitrogens with zero attached hydrogens (tertiary/aromatic N) is 2. The fourth-order valence-corrected chi connectivity index (χ4v) is 5.18. The minimum atomic E-state index is -0.211. The zero-order valence-electron chi connectivity index (χ0n) is 22.4. The second-order valence-electron chi connectivity index (χ2n) is 10.4. The third kappa shape index (κ3) is 5.28. The summed E-state index contributed by atoms with van der Waals surface area (Å²) < 4.78 is 18.1. The van der Waals surface area contributed by atoms with Crippen molar-refractivity contribution >= 4 is 33.6 Å². The average Bonchev–Trinajstić information content (AvgIpc) is 3.91. The van der Waals surface area contributed by atoms with E-state index in [1.165, 1.54) is 4.90 Å². The molecule has 0 radical (unpaired) electrons. The third-order valence-electron chi connectivity index (χ3n) is 7.32. The van der Waals surface area contributed by atoms with Gasteiger partial charge in [0.2, 0.25) is 17.7 Å². The molecule has 0 N–H and O–H groups in total. The van der Waals surface area contributed by atoms with Crippen molar-refractivity contribution in [3.05, 3.63) is 82.3 Å². The SMILES string of the molecule is COc1ccc(-c2c(-c3cc(Br)c(OCc4ccccc4)cc3C)noc2N(C(=O)C2CC2)C(=O)C2CC2)cc1. The molecule has 204 valence electrons. The number of anilines is 1.